The second kappa shape index (κ2) is 5.98. The molecule has 2 unspecified atom stereocenters. The molecule has 0 radical (unpaired) electrons. The van der Waals surface area contributed by atoms with Gasteiger partial charge in [0.25, 0.3) is 0 Å². The number of rotatable bonds is 5. The van der Waals surface area contributed by atoms with Gasteiger partial charge in [0.15, 0.2) is 0 Å². The van der Waals surface area contributed by atoms with E-state index in [1.54, 1.807) is 6.20 Å². The second-order valence-electron chi connectivity index (χ2n) is 7.53. The molecule has 1 aliphatic rings. The lowest BCUT2D eigenvalue weighted by Gasteiger charge is -2.26. The van der Waals surface area contributed by atoms with Crippen molar-refractivity contribution in [2.45, 2.75) is 47.0 Å². The van der Waals surface area contributed by atoms with Gasteiger partial charge in [0.2, 0.25) is 5.91 Å². The van der Waals surface area contributed by atoms with E-state index < -0.39 is 0 Å². The van der Waals surface area contributed by atoms with E-state index in [2.05, 4.69) is 37.9 Å². The molecule has 2 heterocycles. The average molecular weight is 277 g/mol. The number of aromatic amines is 1. The Morgan fingerprint density at radius 2 is 2.25 bits per heavy atom. The monoisotopic (exact) mass is 277 g/mol. The van der Waals surface area contributed by atoms with E-state index in [9.17, 15) is 4.79 Å². The maximum absolute atomic E-state index is 12.1. The zero-order valence-corrected chi connectivity index (χ0v) is 13.1. The average Bonchev–Trinajstić information content (AvgIpc) is 2.88. The number of nitrogens with zero attached hydrogens (tertiary/aromatic N) is 2. The lowest BCUT2D eigenvalue weighted by Crippen LogP contribution is -2.34. The largest absolute Gasteiger partial charge is 0.342 e. The first-order chi connectivity index (χ1) is 9.33. The molecule has 1 fully saturated rings. The van der Waals surface area contributed by atoms with Gasteiger partial charge in [-0.2, -0.15) is 5.10 Å². The molecule has 1 N–H and O–H groups in total. The predicted molar refractivity (Wildman–Crippen MR) is 80.2 cm³/mol. The van der Waals surface area contributed by atoms with Crippen molar-refractivity contribution in [3.63, 3.8) is 0 Å². The van der Waals surface area contributed by atoms with Gasteiger partial charge in [-0.25, -0.2) is 0 Å². The SMILES string of the molecule is CC(Cc1ccn[nH]1)CC1CC(=O)N(CC(C)(C)C)C1. The standard InChI is InChI=1S/C16H27N3O/c1-12(8-14-5-6-17-18-14)7-13-9-15(20)19(10-13)11-16(2,3)4/h5-6,12-13H,7-11H2,1-4H3,(H,17,18). The number of likely N-dealkylation sites (tertiary alicyclic amines) is 1. The second-order valence-corrected chi connectivity index (χ2v) is 7.53. The van der Waals surface area contributed by atoms with Crippen LogP contribution in [0.1, 0.15) is 46.2 Å². The highest BCUT2D eigenvalue weighted by Gasteiger charge is 2.32. The number of amides is 1. The van der Waals surface area contributed by atoms with Crippen molar-refractivity contribution in [2.24, 2.45) is 17.3 Å². The van der Waals surface area contributed by atoms with Crippen molar-refractivity contribution < 1.29 is 4.79 Å². The van der Waals surface area contributed by atoms with Crippen LogP contribution in [-0.4, -0.2) is 34.1 Å². The number of aromatic nitrogens is 2. The highest BCUT2D eigenvalue weighted by atomic mass is 16.2. The van der Waals surface area contributed by atoms with Crippen molar-refractivity contribution in [1.82, 2.24) is 15.1 Å². The number of H-pyrrole nitrogens is 1. The van der Waals surface area contributed by atoms with Gasteiger partial charge in [-0.05, 0) is 36.2 Å². The van der Waals surface area contributed by atoms with Crippen LogP contribution in [-0.2, 0) is 11.2 Å². The van der Waals surface area contributed by atoms with Crippen molar-refractivity contribution in [3.8, 4) is 0 Å². The Morgan fingerprint density at radius 3 is 2.85 bits per heavy atom. The van der Waals surface area contributed by atoms with Crippen molar-refractivity contribution in [1.29, 1.82) is 0 Å². The Balaban J connectivity index is 1.81. The molecule has 0 aromatic carbocycles. The third kappa shape index (κ3) is 4.36. The quantitative estimate of drug-likeness (QED) is 0.899. The molecule has 112 valence electrons. The number of nitrogens with one attached hydrogen (secondary N) is 1. The first-order valence-corrected chi connectivity index (χ1v) is 7.59. The highest BCUT2D eigenvalue weighted by molar-refractivity contribution is 5.78. The molecule has 0 bridgehead atoms. The lowest BCUT2D eigenvalue weighted by atomic mass is 9.92. The molecule has 20 heavy (non-hydrogen) atoms. The summed E-state index contributed by atoms with van der Waals surface area (Å²) in [7, 11) is 0. The van der Waals surface area contributed by atoms with Crippen LogP contribution in [0.5, 0.6) is 0 Å². The lowest BCUT2D eigenvalue weighted by molar-refractivity contribution is -0.128. The number of carbonyl (C=O) groups excluding carboxylic acids is 1. The molecular weight excluding hydrogens is 250 g/mol. The fourth-order valence-electron chi connectivity index (χ4n) is 3.16. The van der Waals surface area contributed by atoms with E-state index >= 15 is 0 Å². The summed E-state index contributed by atoms with van der Waals surface area (Å²) in [6.45, 7) is 10.6. The first kappa shape index (κ1) is 15.1. The van der Waals surface area contributed by atoms with Crippen LogP contribution in [0.15, 0.2) is 12.3 Å². The zero-order chi connectivity index (χ0) is 14.8. The molecule has 0 aliphatic carbocycles. The van der Waals surface area contributed by atoms with E-state index in [-0.39, 0.29) is 5.41 Å². The first-order valence-electron chi connectivity index (χ1n) is 7.59. The van der Waals surface area contributed by atoms with Gasteiger partial charge >= 0.3 is 0 Å². The highest BCUT2D eigenvalue weighted by Crippen LogP contribution is 2.28. The van der Waals surface area contributed by atoms with E-state index in [4.69, 9.17) is 0 Å². The molecule has 2 atom stereocenters. The van der Waals surface area contributed by atoms with Gasteiger partial charge in [0.1, 0.15) is 0 Å². The summed E-state index contributed by atoms with van der Waals surface area (Å²) >= 11 is 0. The van der Waals surface area contributed by atoms with Crippen LogP contribution < -0.4 is 0 Å². The molecule has 0 spiro atoms. The maximum Gasteiger partial charge on any atom is 0.222 e. The fraction of sp³-hybridized carbons (Fsp3) is 0.750. The van der Waals surface area contributed by atoms with E-state index in [0.29, 0.717) is 17.7 Å². The van der Waals surface area contributed by atoms with E-state index in [1.165, 1.54) is 5.69 Å². The van der Waals surface area contributed by atoms with Gasteiger partial charge in [0.05, 0.1) is 0 Å². The van der Waals surface area contributed by atoms with Gasteiger partial charge in [0, 0.05) is 31.4 Å². The number of carbonyl (C=O) groups is 1. The molecule has 4 nitrogen and oxygen atoms in total. The molecule has 0 saturated carbocycles. The van der Waals surface area contributed by atoms with Gasteiger partial charge < -0.3 is 4.90 Å². The van der Waals surface area contributed by atoms with E-state index in [0.717, 1.165) is 32.4 Å². The fourth-order valence-corrected chi connectivity index (χ4v) is 3.16. The summed E-state index contributed by atoms with van der Waals surface area (Å²) in [5.41, 5.74) is 1.37. The minimum Gasteiger partial charge on any atom is -0.342 e. The molecule has 1 amide bonds. The normalized spacial score (nSPS) is 21.5. The van der Waals surface area contributed by atoms with Crippen LogP contribution in [0.2, 0.25) is 0 Å². The summed E-state index contributed by atoms with van der Waals surface area (Å²) in [4.78, 5) is 14.1. The smallest absolute Gasteiger partial charge is 0.222 e. The van der Waals surface area contributed by atoms with Crippen LogP contribution >= 0.6 is 0 Å². The van der Waals surface area contributed by atoms with Gasteiger partial charge in [-0.1, -0.05) is 27.7 Å². The summed E-state index contributed by atoms with van der Waals surface area (Å²) in [6.07, 6.45) is 4.66. The molecule has 1 aromatic heterocycles. The summed E-state index contributed by atoms with van der Waals surface area (Å²) in [5, 5.41) is 7.00. The Labute approximate surface area is 121 Å². The van der Waals surface area contributed by atoms with Crippen LogP contribution in [0, 0.1) is 17.3 Å². The maximum atomic E-state index is 12.1. The van der Waals surface area contributed by atoms with Crippen molar-refractivity contribution in [2.75, 3.05) is 13.1 Å². The van der Waals surface area contributed by atoms with Crippen molar-refractivity contribution in [3.05, 3.63) is 18.0 Å². The molecule has 1 saturated heterocycles. The third-order valence-electron chi connectivity index (χ3n) is 3.82. The summed E-state index contributed by atoms with van der Waals surface area (Å²) in [5.74, 6) is 1.43. The number of hydrogen-bond donors (Lipinski definition) is 1. The number of hydrogen-bond acceptors (Lipinski definition) is 2. The minimum absolute atomic E-state index is 0.187. The third-order valence-corrected chi connectivity index (χ3v) is 3.82. The summed E-state index contributed by atoms with van der Waals surface area (Å²) in [6, 6.07) is 2.03. The Hall–Kier alpha value is -1.32. The minimum atomic E-state index is 0.187. The Bertz CT molecular complexity index is 433. The van der Waals surface area contributed by atoms with Gasteiger partial charge in [-0.3, -0.25) is 9.89 Å². The molecule has 4 heteroatoms. The Kier molecular flexibility index (Phi) is 4.51. The van der Waals surface area contributed by atoms with E-state index in [1.807, 2.05) is 11.0 Å². The summed E-state index contributed by atoms with van der Waals surface area (Å²) < 4.78 is 0. The van der Waals surface area contributed by atoms with Crippen LogP contribution in [0.4, 0.5) is 0 Å². The van der Waals surface area contributed by atoms with Crippen molar-refractivity contribution >= 4 is 5.91 Å². The van der Waals surface area contributed by atoms with Crippen LogP contribution in [0.3, 0.4) is 0 Å². The zero-order valence-electron chi connectivity index (χ0n) is 13.1. The van der Waals surface area contributed by atoms with Gasteiger partial charge in [-0.15, -0.1) is 0 Å². The Morgan fingerprint density at radius 1 is 1.50 bits per heavy atom. The topological polar surface area (TPSA) is 49.0 Å². The van der Waals surface area contributed by atoms with Crippen LogP contribution in [0.25, 0.3) is 0 Å². The molecule has 1 aromatic rings. The molecule has 2 rings (SSSR count). The molecule has 1 aliphatic heterocycles. The molecular formula is C16H27N3O. The predicted octanol–water partition coefficient (Wildman–Crippen LogP) is 2.87.